The first-order chi connectivity index (χ1) is 6.79. The Kier molecular flexibility index (Phi) is 2.56. The summed E-state index contributed by atoms with van der Waals surface area (Å²) >= 11 is 1.48. The Bertz CT molecular complexity index is 439. The summed E-state index contributed by atoms with van der Waals surface area (Å²) in [6.45, 7) is 0.422. The van der Waals surface area contributed by atoms with Crippen LogP contribution in [0.5, 0.6) is 0 Å². The zero-order chi connectivity index (χ0) is 9.97. The minimum absolute atomic E-state index is 0.244. The zero-order valence-corrected chi connectivity index (χ0v) is 8.22. The number of halogens is 1. The van der Waals surface area contributed by atoms with Crippen molar-refractivity contribution in [3.63, 3.8) is 0 Å². The van der Waals surface area contributed by atoms with E-state index in [-0.39, 0.29) is 5.82 Å². The lowest BCUT2D eigenvalue weighted by molar-refractivity contribution is 0.628. The molecule has 4 heteroatoms. The third-order valence-corrected chi connectivity index (χ3v) is 2.77. The summed E-state index contributed by atoms with van der Waals surface area (Å²) in [5.74, 6) is -0.244. The van der Waals surface area contributed by atoms with Crippen molar-refractivity contribution in [2.45, 2.75) is 6.54 Å². The molecule has 0 aliphatic carbocycles. The lowest BCUT2D eigenvalue weighted by Gasteiger charge is -1.95. The minimum Gasteiger partial charge on any atom is -0.325 e. The van der Waals surface area contributed by atoms with Gasteiger partial charge in [0.1, 0.15) is 10.8 Å². The third kappa shape index (κ3) is 1.81. The van der Waals surface area contributed by atoms with Gasteiger partial charge in [0.05, 0.1) is 5.69 Å². The van der Waals surface area contributed by atoms with Crippen LogP contribution in [-0.4, -0.2) is 4.98 Å². The number of nitrogens with two attached hydrogens (primary N) is 1. The Balaban J connectivity index is 2.39. The molecular formula is C10H9FN2S. The molecule has 14 heavy (non-hydrogen) atoms. The number of hydrogen-bond donors (Lipinski definition) is 1. The Morgan fingerprint density at radius 1 is 1.43 bits per heavy atom. The molecule has 0 unspecified atom stereocenters. The van der Waals surface area contributed by atoms with Gasteiger partial charge < -0.3 is 5.73 Å². The van der Waals surface area contributed by atoms with Crippen LogP contribution in [0.1, 0.15) is 5.69 Å². The van der Waals surface area contributed by atoms with Crippen LogP contribution in [-0.2, 0) is 6.54 Å². The fourth-order valence-electron chi connectivity index (χ4n) is 1.15. The van der Waals surface area contributed by atoms with Crippen LogP contribution in [0, 0.1) is 5.82 Å². The van der Waals surface area contributed by atoms with Gasteiger partial charge in [0, 0.05) is 17.5 Å². The molecule has 0 amide bonds. The van der Waals surface area contributed by atoms with Gasteiger partial charge in [0.25, 0.3) is 0 Å². The smallest absolute Gasteiger partial charge is 0.123 e. The molecule has 2 rings (SSSR count). The number of benzene rings is 1. The summed E-state index contributed by atoms with van der Waals surface area (Å²) in [6, 6.07) is 6.40. The molecule has 0 atom stereocenters. The second-order valence-electron chi connectivity index (χ2n) is 2.86. The minimum atomic E-state index is -0.244. The molecule has 2 nitrogen and oxygen atoms in total. The second kappa shape index (κ2) is 3.86. The van der Waals surface area contributed by atoms with Crippen LogP contribution in [0.3, 0.4) is 0 Å². The lowest BCUT2D eigenvalue weighted by atomic mass is 10.2. The molecule has 2 N–H and O–H groups in total. The Hall–Kier alpha value is -1.26. The molecule has 0 spiro atoms. The van der Waals surface area contributed by atoms with Crippen LogP contribution < -0.4 is 5.73 Å². The highest BCUT2D eigenvalue weighted by molar-refractivity contribution is 7.13. The van der Waals surface area contributed by atoms with E-state index in [1.165, 1.54) is 23.5 Å². The summed E-state index contributed by atoms with van der Waals surface area (Å²) in [4.78, 5) is 4.27. The average Bonchev–Trinajstić information content (AvgIpc) is 2.66. The molecule has 1 aromatic heterocycles. The van der Waals surface area contributed by atoms with Gasteiger partial charge in [-0.1, -0.05) is 12.1 Å². The van der Waals surface area contributed by atoms with Crippen LogP contribution >= 0.6 is 11.3 Å². The maximum absolute atomic E-state index is 12.9. The van der Waals surface area contributed by atoms with E-state index in [1.54, 1.807) is 6.07 Å². The van der Waals surface area contributed by atoms with E-state index in [0.29, 0.717) is 6.54 Å². The molecule has 0 saturated heterocycles. The van der Waals surface area contributed by atoms with Gasteiger partial charge >= 0.3 is 0 Å². The summed E-state index contributed by atoms with van der Waals surface area (Å²) in [6.07, 6.45) is 0. The molecular weight excluding hydrogens is 199 g/mol. The Morgan fingerprint density at radius 2 is 2.29 bits per heavy atom. The van der Waals surface area contributed by atoms with Gasteiger partial charge in [-0.3, -0.25) is 0 Å². The molecule has 0 fully saturated rings. The summed E-state index contributed by atoms with van der Waals surface area (Å²) < 4.78 is 12.9. The highest BCUT2D eigenvalue weighted by Gasteiger charge is 2.03. The van der Waals surface area contributed by atoms with Gasteiger partial charge in [0.2, 0.25) is 0 Å². The zero-order valence-electron chi connectivity index (χ0n) is 7.40. The molecule has 0 bridgehead atoms. The lowest BCUT2D eigenvalue weighted by Crippen LogP contribution is -1.95. The summed E-state index contributed by atoms with van der Waals surface area (Å²) in [5, 5.41) is 2.70. The van der Waals surface area contributed by atoms with Crippen molar-refractivity contribution >= 4 is 11.3 Å². The van der Waals surface area contributed by atoms with E-state index >= 15 is 0 Å². The standard InChI is InChI=1S/C10H9FN2S/c11-8-3-1-2-7(4-8)10-13-9(5-12)6-14-10/h1-4,6H,5,12H2. The molecule has 0 saturated carbocycles. The van der Waals surface area contributed by atoms with Crippen LogP contribution in [0.15, 0.2) is 29.6 Å². The monoisotopic (exact) mass is 208 g/mol. The van der Waals surface area contributed by atoms with Crippen molar-refractivity contribution in [2.75, 3.05) is 0 Å². The first kappa shape index (κ1) is 9.30. The van der Waals surface area contributed by atoms with E-state index in [9.17, 15) is 4.39 Å². The van der Waals surface area contributed by atoms with Crippen molar-refractivity contribution in [1.82, 2.24) is 4.98 Å². The van der Waals surface area contributed by atoms with Gasteiger partial charge in [-0.15, -0.1) is 11.3 Å². The normalized spacial score (nSPS) is 10.4. The topological polar surface area (TPSA) is 38.9 Å². The van der Waals surface area contributed by atoms with Crippen LogP contribution in [0.4, 0.5) is 4.39 Å². The third-order valence-electron chi connectivity index (χ3n) is 1.83. The van der Waals surface area contributed by atoms with Crippen LogP contribution in [0.25, 0.3) is 10.6 Å². The first-order valence-corrected chi connectivity index (χ1v) is 5.08. The highest BCUT2D eigenvalue weighted by Crippen LogP contribution is 2.23. The van der Waals surface area contributed by atoms with Gasteiger partial charge in [0.15, 0.2) is 0 Å². The number of thiazole rings is 1. The summed E-state index contributed by atoms with van der Waals surface area (Å²) in [7, 11) is 0. The molecule has 1 heterocycles. The quantitative estimate of drug-likeness (QED) is 0.823. The van der Waals surface area contributed by atoms with E-state index in [1.807, 2.05) is 11.4 Å². The van der Waals surface area contributed by atoms with Crippen molar-refractivity contribution in [2.24, 2.45) is 5.73 Å². The molecule has 0 radical (unpaired) electrons. The number of aromatic nitrogens is 1. The second-order valence-corrected chi connectivity index (χ2v) is 3.72. The molecule has 2 aromatic rings. The molecule has 1 aromatic carbocycles. The van der Waals surface area contributed by atoms with Gasteiger partial charge in [-0.2, -0.15) is 0 Å². The number of nitrogens with zero attached hydrogens (tertiary/aromatic N) is 1. The Labute approximate surface area is 85.2 Å². The first-order valence-electron chi connectivity index (χ1n) is 4.20. The van der Waals surface area contributed by atoms with Gasteiger partial charge in [-0.25, -0.2) is 9.37 Å². The van der Waals surface area contributed by atoms with Gasteiger partial charge in [-0.05, 0) is 12.1 Å². The predicted molar refractivity (Wildman–Crippen MR) is 55.4 cm³/mol. The fourth-order valence-corrected chi connectivity index (χ4v) is 1.98. The highest BCUT2D eigenvalue weighted by atomic mass is 32.1. The molecule has 72 valence electrons. The molecule has 0 aliphatic heterocycles. The van der Waals surface area contributed by atoms with E-state index in [0.717, 1.165) is 16.3 Å². The van der Waals surface area contributed by atoms with E-state index in [4.69, 9.17) is 5.73 Å². The fraction of sp³-hybridized carbons (Fsp3) is 0.100. The van der Waals surface area contributed by atoms with Crippen LogP contribution in [0.2, 0.25) is 0 Å². The predicted octanol–water partition coefficient (Wildman–Crippen LogP) is 2.41. The van der Waals surface area contributed by atoms with E-state index in [2.05, 4.69) is 4.98 Å². The van der Waals surface area contributed by atoms with Crippen molar-refractivity contribution < 1.29 is 4.39 Å². The maximum Gasteiger partial charge on any atom is 0.123 e. The van der Waals surface area contributed by atoms with Crippen molar-refractivity contribution in [3.05, 3.63) is 41.2 Å². The molecule has 0 aliphatic rings. The van der Waals surface area contributed by atoms with Crippen molar-refractivity contribution in [3.8, 4) is 10.6 Å². The number of hydrogen-bond acceptors (Lipinski definition) is 3. The average molecular weight is 208 g/mol. The van der Waals surface area contributed by atoms with E-state index < -0.39 is 0 Å². The SMILES string of the molecule is NCc1csc(-c2cccc(F)c2)n1. The Morgan fingerprint density at radius 3 is 2.93 bits per heavy atom. The number of rotatable bonds is 2. The largest absolute Gasteiger partial charge is 0.325 e. The summed E-state index contributed by atoms with van der Waals surface area (Å²) in [5.41, 5.74) is 7.08. The van der Waals surface area contributed by atoms with Crippen molar-refractivity contribution in [1.29, 1.82) is 0 Å². The maximum atomic E-state index is 12.9.